The number of hydrogen-bond donors (Lipinski definition) is 3. The molecule has 9 aromatic rings. The molecule has 5 heterocycles. The van der Waals surface area contributed by atoms with E-state index in [1.54, 1.807) is 25.1 Å². The summed E-state index contributed by atoms with van der Waals surface area (Å²) in [5.74, 6) is 1.92. The van der Waals surface area contributed by atoms with Crippen LogP contribution in [0.5, 0.6) is 17.2 Å². The number of nitrogens with one attached hydrogen (secondary N) is 3. The minimum Gasteiger partial charge on any atom is -0.494 e. The predicted octanol–water partition coefficient (Wildman–Crippen LogP) is 26.8. The van der Waals surface area contributed by atoms with Crippen LogP contribution in [0, 0.1) is 0 Å². The van der Waals surface area contributed by atoms with Crippen LogP contribution in [0.2, 0.25) is 0 Å². The lowest BCUT2D eigenvalue weighted by Gasteiger charge is -2.10. The van der Waals surface area contributed by atoms with Gasteiger partial charge in [-0.1, -0.05) is 255 Å². The molecule has 0 saturated heterocycles. The fourth-order valence-corrected chi connectivity index (χ4v) is 14.6. The summed E-state index contributed by atoms with van der Waals surface area (Å²) in [6.07, 6.45) is 46.9. The van der Waals surface area contributed by atoms with Crippen LogP contribution in [0.3, 0.4) is 0 Å². The number of hydrogen-bond acceptors (Lipinski definition) is 8. The van der Waals surface area contributed by atoms with Gasteiger partial charge in [-0.15, -0.1) is 0 Å². The number of ether oxygens (including phenoxy) is 4. The van der Waals surface area contributed by atoms with Crippen LogP contribution in [0.1, 0.15) is 264 Å². The first-order valence-electron chi connectivity index (χ1n) is 40.3. The zero-order valence-electron chi connectivity index (χ0n) is 63.2. The van der Waals surface area contributed by atoms with Gasteiger partial charge in [-0.2, -0.15) is 0 Å². The molecule has 1 amide bonds. The van der Waals surface area contributed by atoms with Gasteiger partial charge in [0.1, 0.15) is 17.2 Å². The molecule has 2 aliphatic rings. The highest BCUT2D eigenvalue weighted by Gasteiger charge is 2.21. The van der Waals surface area contributed by atoms with Gasteiger partial charge in [0.25, 0.3) is 5.91 Å². The van der Waals surface area contributed by atoms with Crippen LogP contribution in [-0.2, 0) is 4.74 Å². The molecule has 0 atom stereocenters. The average molecular weight is 1410 g/mol. The predicted molar refractivity (Wildman–Crippen MR) is 440 cm³/mol. The molecule has 11 rings (SSSR count). The first-order valence-corrected chi connectivity index (χ1v) is 40.3. The lowest BCUT2D eigenvalue weighted by atomic mass is 10.0. The highest BCUT2D eigenvalue weighted by atomic mass is 16.5. The highest BCUT2D eigenvalue weighted by Crippen LogP contribution is 2.40. The van der Waals surface area contributed by atoms with Crippen molar-refractivity contribution < 1.29 is 28.5 Å². The SMILES string of the molecule is CCCCCCCCCCCCOc1ccc(-c2c3nc(c(-c4ccc(OCCCCCCCCCCCC)cc4)c4ccc([nH]4)c(-c4ccc(OCCCCCCCCCCCC)cc4)c4nc(c(-c5ccc(NC(=O)c6ccc7cc(C(=O)OCC)ccc7c6)cc5)c5ccc2[nH]5)C=C4)C=C3)cc1. The Kier molecular flexibility index (Phi) is 30.1. The number of amides is 1. The molecule has 0 radical (unpaired) electrons. The number of benzene rings is 6. The number of anilines is 1. The Morgan fingerprint density at radius 1 is 0.324 bits per heavy atom. The van der Waals surface area contributed by atoms with Crippen molar-refractivity contribution in [2.75, 3.05) is 31.7 Å². The Morgan fingerprint density at radius 2 is 0.610 bits per heavy atom. The Balaban J connectivity index is 0.949. The molecule has 6 aromatic carbocycles. The molecular weight excluding hydrogens is 1300 g/mol. The third-order valence-electron chi connectivity index (χ3n) is 20.5. The van der Waals surface area contributed by atoms with Crippen LogP contribution in [0.25, 0.3) is 102 Å². The van der Waals surface area contributed by atoms with Crippen molar-refractivity contribution >= 4 is 74.7 Å². The van der Waals surface area contributed by atoms with Crippen LogP contribution >= 0.6 is 0 Å². The van der Waals surface area contributed by atoms with E-state index in [0.29, 0.717) is 43.2 Å². The topological polar surface area (TPSA) is 140 Å². The fourth-order valence-electron chi connectivity index (χ4n) is 14.6. The van der Waals surface area contributed by atoms with Crippen molar-refractivity contribution in [3.63, 3.8) is 0 Å². The van der Waals surface area contributed by atoms with Gasteiger partial charge in [0.05, 0.1) is 54.8 Å². The number of H-pyrrole nitrogens is 2. The number of fused-ring (bicyclic) bond motifs is 9. The Hall–Kier alpha value is -9.48. The molecule has 11 heteroatoms. The summed E-state index contributed by atoms with van der Waals surface area (Å²) in [4.78, 5) is 45.7. The van der Waals surface area contributed by atoms with E-state index in [0.717, 1.165) is 137 Å². The number of unbranched alkanes of at least 4 members (excludes halogenated alkanes) is 27. The standard InChI is InChI=1S/C94H113N5O6/c1-5-9-12-15-18-21-24-27-30-33-64-103-78-50-42-70(43-51-78)90-83-58-56-81(96-83)89(69-40-48-77(49-41-69)95-93(100)75-38-36-74-68-76(94(101)102-8-4)39-37-73(74)67-75)82-57-59-84(97-82)91(71-44-52-79(53-45-71)104-65-34-31-28-25-22-19-16-13-10-6-2)86-61-63-88(99-86)92(87-62-60-85(90)98-87)72-46-54-80(55-47-72)105-66-35-32-29-26-23-20-17-14-11-7-3/h36-63,67-68,96,99H,5-35,64-66H2,1-4H3,(H,95,100). The first-order chi connectivity index (χ1) is 51.8. The lowest BCUT2D eigenvalue weighted by Crippen LogP contribution is -2.11. The zero-order valence-corrected chi connectivity index (χ0v) is 63.2. The van der Waals surface area contributed by atoms with Crippen molar-refractivity contribution in [1.29, 1.82) is 0 Å². The van der Waals surface area contributed by atoms with Crippen molar-refractivity contribution in [3.8, 4) is 61.8 Å². The van der Waals surface area contributed by atoms with Crippen LogP contribution < -0.4 is 19.5 Å². The minimum atomic E-state index is -0.375. The molecular formula is C94H113N5O6. The first kappa shape index (κ1) is 76.6. The molecule has 0 unspecified atom stereocenters. The summed E-state index contributed by atoms with van der Waals surface area (Å²) in [5, 5.41) is 4.83. The maximum absolute atomic E-state index is 14.0. The third kappa shape index (κ3) is 22.3. The smallest absolute Gasteiger partial charge is 0.338 e. The Bertz CT molecular complexity index is 4380. The van der Waals surface area contributed by atoms with Gasteiger partial charge in [0.15, 0.2) is 0 Å². The summed E-state index contributed by atoms with van der Waals surface area (Å²) in [7, 11) is 0. The highest BCUT2D eigenvalue weighted by molar-refractivity contribution is 6.07. The quantitative estimate of drug-likeness (QED) is 0.0253. The Morgan fingerprint density at radius 3 is 0.924 bits per heavy atom. The lowest BCUT2D eigenvalue weighted by molar-refractivity contribution is 0.0526. The van der Waals surface area contributed by atoms with Crippen molar-refractivity contribution in [3.05, 3.63) is 192 Å². The monoisotopic (exact) mass is 1410 g/mol. The molecule has 3 N–H and O–H groups in total. The van der Waals surface area contributed by atoms with Gasteiger partial charge in [-0.05, 0) is 181 Å². The number of carbonyl (C=O) groups excluding carboxylic acids is 2. The molecule has 105 heavy (non-hydrogen) atoms. The Labute approximate surface area is 625 Å². The molecule has 0 saturated carbocycles. The number of carbonyl (C=O) groups is 2. The summed E-state index contributed by atoms with van der Waals surface area (Å²) in [5.41, 5.74) is 16.0. The van der Waals surface area contributed by atoms with E-state index in [1.165, 1.54) is 173 Å². The van der Waals surface area contributed by atoms with Crippen molar-refractivity contribution in [2.24, 2.45) is 0 Å². The largest absolute Gasteiger partial charge is 0.494 e. The third-order valence-corrected chi connectivity index (χ3v) is 20.5. The van der Waals surface area contributed by atoms with E-state index < -0.39 is 0 Å². The summed E-state index contributed by atoms with van der Waals surface area (Å²) >= 11 is 0. The van der Waals surface area contributed by atoms with Gasteiger partial charge >= 0.3 is 5.97 Å². The second-order valence-corrected chi connectivity index (χ2v) is 28.7. The molecule has 8 bridgehead atoms. The number of rotatable bonds is 44. The van der Waals surface area contributed by atoms with E-state index in [-0.39, 0.29) is 11.9 Å². The average Bonchev–Trinajstić information content (AvgIpc) is 1.63. The van der Waals surface area contributed by atoms with Crippen molar-refractivity contribution in [1.82, 2.24) is 19.9 Å². The summed E-state index contributed by atoms with van der Waals surface area (Å²) in [6.45, 7) is 11.0. The molecule has 0 fully saturated rings. The summed E-state index contributed by atoms with van der Waals surface area (Å²) in [6, 6.07) is 53.0. The second-order valence-electron chi connectivity index (χ2n) is 28.7. The number of aromatic nitrogens is 4. The molecule has 2 aliphatic heterocycles. The number of nitrogens with zero attached hydrogens (tertiary/aromatic N) is 2. The maximum atomic E-state index is 14.0. The van der Waals surface area contributed by atoms with E-state index >= 15 is 0 Å². The number of aromatic amines is 2. The molecule has 550 valence electrons. The molecule has 11 nitrogen and oxygen atoms in total. The van der Waals surface area contributed by atoms with Crippen LogP contribution in [-0.4, -0.2) is 58.2 Å². The number of esters is 1. The van der Waals surface area contributed by atoms with E-state index in [2.05, 4.69) is 157 Å². The van der Waals surface area contributed by atoms with Crippen molar-refractivity contribution in [2.45, 2.75) is 220 Å². The van der Waals surface area contributed by atoms with Gasteiger partial charge in [-0.3, -0.25) is 4.79 Å². The fraction of sp³-hybridized carbons (Fsp3) is 0.404. The molecule has 0 spiro atoms. The van der Waals surface area contributed by atoms with Crippen LogP contribution in [0.15, 0.2) is 158 Å². The van der Waals surface area contributed by atoms with Gasteiger partial charge in [0.2, 0.25) is 0 Å². The van der Waals surface area contributed by atoms with E-state index in [9.17, 15) is 9.59 Å². The second kappa shape index (κ2) is 41.3. The zero-order chi connectivity index (χ0) is 72.6. The molecule has 0 aliphatic carbocycles. The van der Waals surface area contributed by atoms with E-state index in [4.69, 9.17) is 28.9 Å². The maximum Gasteiger partial charge on any atom is 0.338 e. The summed E-state index contributed by atoms with van der Waals surface area (Å²) < 4.78 is 24.5. The van der Waals surface area contributed by atoms with E-state index in [1.807, 2.05) is 42.5 Å². The normalized spacial score (nSPS) is 11.8. The molecule has 3 aromatic heterocycles. The van der Waals surface area contributed by atoms with Gasteiger partial charge in [0, 0.05) is 55.6 Å². The van der Waals surface area contributed by atoms with Gasteiger partial charge in [-0.25, -0.2) is 14.8 Å². The van der Waals surface area contributed by atoms with Gasteiger partial charge < -0.3 is 34.2 Å². The van der Waals surface area contributed by atoms with Crippen LogP contribution in [0.4, 0.5) is 5.69 Å². The minimum absolute atomic E-state index is 0.250.